The summed E-state index contributed by atoms with van der Waals surface area (Å²) in [7, 11) is -2.05. The Bertz CT molecular complexity index is 831. The van der Waals surface area contributed by atoms with Gasteiger partial charge in [0.05, 0.1) is 36.1 Å². The Morgan fingerprint density at radius 2 is 2.07 bits per heavy atom. The summed E-state index contributed by atoms with van der Waals surface area (Å²) in [5, 5.41) is 0.931. The van der Waals surface area contributed by atoms with Crippen molar-refractivity contribution in [3.8, 4) is 5.75 Å². The minimum Gasteiger partial charge on any atom is -0.496 e. The van der Waals surface area contributed by atoms with Gasteiger partial charge >= 0.3 is 0 Å². The summed E-state index contributed by atoms with van der Waals surface area (Å²) < 4.78 is 38.0. The highest BCUT2D eigenvalue weighted by Gasteiger charge is 2.41. The molecule has 10 heteroatoms. The van der Waals surface area contributed by atoms with Crippen LogP contribution in [0.5, 0.6) is 5.75 Å². The molecule has 27 heavy (non-hydrogen) atoms. The normalized spacial score (nSPS) is 26.0. The maximum atomic E-state index is 12.6. The predicted molar refractivity (Wildman–Crippen MR) is 101 cm³/mol. The van der Waals surface area contributed by atoms with Gasteiger partial charge < -0.3 is 14.4 Å². The van der Waals surface area contributed by atoms with E-state index in [1.165, 1.54) is 0 Å². The summed E-state index contributed by atoms with van der Waals surface area (Å²) in [6, 6.07) is 3.36. The van der Waals surface area contributed by atoms with Crippen molar-refractivity contribution in [2.24, 2.45) is 0 Å². The topological polar surface area (TPSA) is 82.1 Å². The van der Waals surface area contributed by atoms with Gasteiger partial charge in [0, 0.05) is 12.1 Å². The molecule has 2 saturated heterocycles. The minimum atomic E-state index is -3.63. The molecule has 1 aromatic rings. The van der Waals surface area contributed by atoms with Crippen molar-refractivity contribution in [1.82, 2.24) is 4.90 Å². The highest BCUT2D eigenvalue weighted by molar-refractivity contribution is 7.85. The number of halogens is 2. The number of piperidine rings is 1. The van der Waals surface area contributed by atoms with E-state index < -0.39 is 16.2 Å². The fraction of sp³-hybridized carbons (Fsp3) is 0.588. The minimum absolute atomic E-state index is 0.0765. The van der Waals surface area contributed by atoms with E-state index in [1.54, 1.807) is 24.1 Å². The van der Waals surface area contributed by atoms with Crippen molar-refractivity contribution in [3.63, 3.8) is 0 Å². The first kappa shape index (κ1) is 20.7. The quantitative estimate of drug-likeness (QED) is 0.657. The average molecular weight is 438 g/mol. The predicted octanol–water partition coefficient (Wildman–Crippen LogP) is 2.45. The van der Waals surface area contributed by atoms with E-state index in [2.05, 4.69) is 0 Å². The Morgan fingerprint density at radius 1 is 1.33 bits per heavy atom. The third kappa shape index (κ3) is 4.51. The highest BCUT2D eigenvalue weighted by Crippen LogP contribution is 2.44. The van der Waals surface area contributed by atoms with Crippen LogP contribution in [0.3, 0.4) is 0 Å². The lowest BCUT2D eigenvalue weighted by molar-refractivity contribution is -0.165. The van der Waals surface area contributed by atoms with E-state index >= 15 is 0 Å². The molecule has 0 spiro atoms. The first-order valence-corrected chi connectivity index (χ1v) is 11.1. The zero-order valence-electron chi connectivity index (χ0n) is 15.0. The molecule has 2 heterocycles. The second kappa shape index (κ2) is 8.13. The number of carbonyl (C=O) groups is 1. The maximum absolute atomic E-state index is 12.6. The molecule has 0 N–H and O–H groups in total. The molecule has 2 fully saturated rings. The number of fused-ring (bicyclic) bond motifs is 1. The summed E-state index contributed by atoms with van der Waals surface area (Å²) in [6.45, 7) is 0.512. The van der Waals surface area contributed by atoms with Gasteiger partial charge in [-0.15, -0.1) is 0 Å². The number of methoxy groups -OCH3 is 1. The number of nitrogens with zero attached hydrogens (tertiary/aromatic N) is 1. The third-order valence-electron chi connectivity index (χ3n) is 4.92. The molecule has 3 rings (SSSR count). The number of hydrogen-bond acceptors (Lipinski definition) is 6. The van der Waals surface area contributed by atoms with Gasteiger partial charge in [0.1, 0.15) is 12.4 Å². The lowest BCUT2D eigenvalue weighted by atomic mass is 9.84. The largest absolute Gasteiger partial charge is 0.496 e. The lowest BCUT2D eigenvalue weighted by Crippen LogP contribution is -2.57. The van der Waals surface area contributed by atoms with Gasteiger partial charge in [-0.3, -0.25) is 8.98 Å². The SMILES string of the molecule is COc1ccc(Cl)c(Cl)c1[C@@H]1CCN2C(=O)C(COS(C)(=O)=O)OC[C@@H]2C1. The van der Waals surface area contributed by atoms with Gasteiger partial charge in [-0.05, 0) is 30.9 Å². The molecule has 150 valence electrons. The number of benzene rings is 1. The third-order valence-corrected chi connectivity index (χ3v) is 6.30. The van der Waals surface area contributed by atoms with Gasteiger partial charge in [0.25, 0.3) is 16.0 Å². The van der Waals surface area contributed by atoms with Crippen molar-refractivity contribution in [3.05, 3.63) is 27.7 Å². The first-order valence-electron chi connectivity index (χ1n) is 8.49. The fourth-order valence-electron chi connectivity index (χ4n) is 3.66. The van der Waals surface area contributed by atoms with Crippen molar-refractivity contribution in [2.75, 3.05) is 33.1 Å². The summed E-state index contributed by atoms with van der Waals surface area (Å²) in [5.41, 5.74) is 0.848. The van der Waals surface area contributed by atoms with E-state index in [4.69, 9.17) is 36.9 Å². The van der Waals surface area contributed by atoms with Crippen LogP contribution in [0.4, 0.5) is 0 Å². The van der Waals surface area contributed by atoms with Crippen molar-refractivity contribution < 1.29 is 26.9 Å². The van der Waals surface area contributed by atoms with Crippen LogP contribution < -0.4 is 4.74 Å². The highest BCUT2D eigenvalue weighted by atomic mass is 35.5. The Labute approximate surface area is 168 Å². The van der Waals surface area contributed by atoms with Crippen LogP contribution >= 0.6 is 23.2 Å². The number of amides is 1. The molecule has 3 atom stereocenters. The maximum Gasteiger partial charge on any atom is 0.264 e. The standard InChI is InChI=1S/C17H21Cl2NO6S/c1-24-13-4-3-12(18)16(19)15(13)10-5-6-20-11(7-10)8-25-14(17(20)21)9-26-27(2,22)23/h3-4,10-11,14H,5-9H2,1-2H3/t10-,11+,14?/m1/s1. The van der Waals surface area contributed by atoms with Gasteiger partial charge in [-0.1, -0.05) is 23.2 Å². The number of carbonyl (C=O) groups excluding carboxylic acids is 1. The van der Waals surface area contributed by atoms with Crippen LogP contribution in [0.2, 0.25) is 10.0 Å². The Morgan fingerprint density at radius 3 is 2.74 bits per heavy atom. The van der Waals surface area contributed by atoms with Crippen molar-refractivity contribution in [2.45, 2.75) is 30.9 Å². The van der Waals surface area contributed by atoms with E-state index in [0.717, 1.165) is 11.8 Å². The molecule has 0 aliphatic carbocycles. The van der Waals surface area contributed by atoms with Crippen molar-refractivity contribution >= 4 is 39.2 Å². The molecule has 2 aliphatic rings. The molecular weight excluding hydrogens is 417 g/mol. The smallest absolute Gasteiger partial charge is 0.264 e. The number of hydrogen-bond donors (Lipinski definition) is 0. The summed E-state index contributed by atoms with van der Waals surface area (Å²) in [5.74, 6) is 0.496. The van der Waals surface area contributed by atoms with Gasteiger partial charge in [-0.2, -0.15) is 8.42 Å². The van der Waals surface area contributed by atoms with E-state index in [-0.39, 0.29) is 24.5 Å². The first-order chi connectivity index (χ1) is 12.7. The van der Waals surface area contributed by atoms with E-state index in [1.807, 2.05) is 0 Å². The van der Waals surface area contributed by atoms with Crippen LogP contribution in [-0.4, -0.2) is 64.5 Å². The molecular formula is C17H21Cl2NO6S. The summed E-state index contributed by atoms with van der Waals surface area (Å²) in [6.07, 6.45) is 1.38. The molecule has 1 unspecified atom stereocenters. The summed E-state index contributed by atoms with van der Waals surface area (Å²) in [4.78, 5) is 14.4. The second-order valence-electron chi connectivity index (χ2n) is 6.69. The molecule has 0 radical (unpaired) electrons. The average Bonchev–Trinajstić information content (AvgIpc) is 2.62. The lowest BCUT2D eigenvalue weighted by Gasteiger charge is -2.44. The fourth-order valence-corrected chi connectivity index (χ4v) is 4.50. The van der Waals surface area contributed by atoms with Crippen LogP contribution in [0, 0.1) is 0 Å². The zero-order valence-corrected chi connectivity index (χ0v) is 17.3. The zero-order chi connectivity index (χ0) is 19.8. The molecule has 1 aromatic carbocycles. The Kier molecular flexibility index (Phi) is 6.22. The van der Waals surface area contributed by atoms with E-state index in [9.17, 15) is 13.2 Å². The van der Waals surface area contributed by atoms with Gasteiger partial charge in [0.15, 0.2) is 6.10 Å². The summed E-state index contributed by atoms with van der Waals surface area (Å²) >= 11 is 12.6. The van der Waals surface area contributed by atoms with Gasteiger partial charge in [0.2, 0.25) is 0 Å². The number of rotatable bonds is 5. The second-order valence-corrected chi connectivity index (χ2v) is 9.12. The molecule has 7 nitrogen and oxygen atoms in total. The number of ether oxygens (including phenoxy) is 2. The van der Waals surface area contributed by atoms with Crippen LogP contribution in [0.25, 0.3) is 0 Å². The molecule has 0 aromatic heterocycles. The van der Waals surface area contributed by atoms with E-state index in [0.29, 0.717) is 41.8 Å². The Hall–Kier alpha value is -1.06. The molecule has 0 bridgehead atoms. The number of morpholine rings is 1. The molecule has 0 saturated carbocycles. The van der Waals surface area contributed by atoms with Crippen LogP contribution in [-0.2, 0) is 23.8 Å². The van der Waals surface area contributed by atoms with Gasteiger partial charge in [-0.25, -0.2) is 0 Å². The monoisotopic (exact) mass is 437 g/mol. The van der Waals surface area contributed by atoms with Crippen LogP contribution in [0.15, 0.2) is 12.1 Å². The molecule has 2 aliphatic heterocycles. The van der Waals surface area contributed by atoms with Crippen molar-refractivity contribution in [1.29, 1.82) is 0 Å². The van der Waals surface area contributed by atoms with Crippen LogP contribution in [0.1, 0.15) is 24.3 Å². The Balaban J connectivity index is 1.73. The molecule has 1 amide bonds.